The molecule has 0 spiro atoms. The third-order valence-corrected chi connectivity index (χ3v) is 6.13. The molecule has 3 nitrogen and oxygen atoms in total. The van der Waals surface area contributed by atoms with Gasteiger partial charge in [-0.25, -0.2) is 12.8 Å². The molecule has 1 heterocycles. The maximum absolute atomic E-state index is 13.1. The van der Waals surface area contributed by atoms with Crippen molar-refractivity contribution in [2.45, 2.75) is 25.3 Å². The van der Waals surface area contributed by atoms with Crippen LogP contribution in [-0.4, -0.2) is 19.8 Å². The average molecular weight is 313 g/mol. The molecule has 6 heteroatoms. The quantitative estimate of drug-likeness (QED) is 0.868. The van der Waals surface area contributed by atoms with Gasteiger partial charge in [-0.15, -0.1) is 11.3 Å². The Bertz CT molecular complexity index is 723. The van der Waals surface area contributed by atoms with E-state index in [1.54, 1.807) is 6.92 Å². The summed E-state index contributed by atoms with van der Waals surface area (Å²) >= 11 is 1.53. The second-order valence-electron chi connectivity index (χ2n) is 4.70. The van der Waals surface area contributed by atoms with Gasteiger partial charge in [-0.1, -0.05) is 0 Å². The predicted molar refractivity (Wildman–Crippen MR) is 78.8 cm³/mol. The van der Waals surface area contributed by atoms with Gasteiger partial charge in [0.05, 0.1) is 4.90 Å². The highest BCUT2D eigenvalue weighted by atomic mass is 32.2. The SMILES string of the molecule is Cc1cc(F)ccc1S(=O)(=O)N(C)Cc1sccc1C. The van der Waals surface area contributed by atoms with Crippen LogP contribution in [-0.2, 0) is 16.6 Å². The van der Waals surface area contributed by atoms with Crippen LogP contribution in [0, 0.1) is 19.7 Å². The van der Waals surface area contributed by atoms with Crippen LogP contribution in [0.25, 0.3) is 0 Å². The van der Waals surface area contributed by atoms with E-state index >= 15 is 0 Å². The molecular formula is C14H16FNO2S2. The van der Waals surface area contributed by atoms with E-state index in [1.165, 1.54) is 40.9 Å². The molecule has 108 valence electrons. The highest BCUT2D eigenvalue weighted by Gasteiger charge is 2.23. The van der Waals surface area contributed by atoms with Crippen molar-refractivity contribution in [3.05, 3.63) is 51.5 Å². The van der Waals surface area contributed by atoms with Gasteiger partial charge in [0.25, 0.3) is 0 Å². The molecule has 0 saturated carbocycles. The monoisotopic (exact) mass is 313 g/mol. The van der Waals surface area contributed by atoms with Gasteiger partial charge in [0.1, 0.15) is 5.82 Å². The number of hydrogen-bond acceptors (Lipinski definition) is 3. The molecule has 0 N–H and O–H groups in total. The summed E-state index contributed by atoms with van der Waals surface area (Å²) < 4.78 is 39.4. The standard InChI is InChI=1S/C14H16FNO2S2/c1-10-6-7-19-13(10)9-16(3)20(17,18)14-5-4-12(15)8-11(14)2/h4-8H,9H2,1-3H3. The number of thiophene rings is 1. The van der Waals surface area contributed by atoms with Crippen LogP contribution in [0.15, 0.2) is 34.5 Å². The molecular weight excluding hydrogens is 297 g/mol. The van der Waals surface area contributed by atoms with Gasteiger partial charge in [0.2, 0.25) is 10.0 Å². The van der Waals surface area contributed by atoms with Crippen LogP contribution in [0.3, 0.4) is 0 Å². The van der Waals surface area contributed by atoms with E-state index in [0.717, 1.165) is 10.4 Å². The Morgan fingerprint density at radius 3 is 2.45 bits per heavy atom. The topological polar surface area (TPSA) is 37.4 Å². The minimum Gasteiger partial charge on any atom is -0.207 e. The third kappa shape index (κ3) is 2.92. The van der Waals surface area contributed by atoms with Gasteiger partial charge in [0, 0.05) is 18.5 Å². The smallest absolute Gasteiger partial charge is 0.207 e. The van der Waals surface area contributed by atoms with E-state index in [1.807, 2.05) is 18.4 Å². The normalized spacial score (nSPS) is 12.1. The number of benzene rings is 1. The van der Waals surface area contributed by atoms with E-state index in [2.05, 4.69) is 0 Å². The first-order valence-corrected chi connectivity index (χ1v) is 8.40. The number of halogens is 1. The van der Waals surface area contributed by atoms with Crippen molar-refractivity contribution < 1.29 is 12.8 Å². The minimum absolute atomic E-state index is 0.149. The zero-order valence-corrected chi connectivity index (χ0v) is 13.2. The Morgan fingerprint density at radius 1 is 1.20 bits per heavy atom. The van der Waals surface area contributed by atoms with Crippen molar-refractivity contribution in [2.75, 3.05) is 7.05 Å². The first kappa shape index (κ1) is 15.2. The van der Waals surface area contributed by atoms with Crippen molar-refractivity contribution in [1.29, 1.82) is 0 Å². The fourth-order valence-electron chi connectivity index (χ4n) is 1.92. The molecule has 1 aromatic carbocycles. The molecule has 0 fully saturated rings. The summed E-state index contributed by atoms with van der Waals surface area (Å²) in [7, 11) is -2.07. The van der Waals surface area contributed by atoms with Crippen molar-refractivity contribution in [3.63, 3.8) is 0 Å². The number of rotatable bonds is 4. The lowest BCUT2D eigenvalue weighted by molar-refractivity contribution is 0.468. The van der Waals surface area contributed by atoms with Gasteiger partial charge < -0.3 is 0 Å². The van der Waals surface area contributed by atoms with Gasteiger partial charge in [0.15, 0.2) is 0 Å². The van der Waals surface area contributed by atoms with Crippen molar-refractivity contribution in [3.8, 4) is 0 Å². The summed E-state index contributed by atoms with van der Waals surface area (Å²) in [4.78, 5) is 1.16. The molecule has 0 unspecified atom stereocenters. The summed E-state index contributed by atoms with van der Waals surface area (Å²) in [5, 5.41) is 1.94. The van der Waals surface area contributed by atoms with Crippen molar-refractivity contribution in [2.24, 2.45) is 0 Å². The number of nitrogens with zero attached hydrogens (tertiary/aromatic N) is 1. The van der Waals surface area contributed by atoms with Gasteiger partial charge >= 0.3 is 0 Å². The van der Waals surface area contributed by atoms with Gasteiger partial charge in [-0.05, 0) is 54.6 Å². The van der Waals surface area contributed by atoms with Crippen LogP contribution < -0.4 is 0 Å². The molecule has 2 aromatic rings. The number of aryl methyl sites for hydroxylation is 2. The predicted octanol–water partition coefficient (Wildman–Crippen LogP) is 3.32. The maximum Gasteiger partial charge on any atom is 0.243 e. The Morgan fingerprint density at radius 2 is 1.90 bits per heavy atom. The molecule has 0 radical (unpaired) electrons. The lowest BCUT2D eigenvalue weighted by Gasteiger charge is -2.18. The third-order valence-electron chi connectivity index (χ3n) is 3.16. The second kappa shape index (κ2) is 5.63. The number of hydrogen-bond donors (Lipinski definition) is 0. The molecule has 0 saturated heterocycles. The summed E-state index contributed by atoms with van der Waals surface area (Å²) in [6.07, 6.45) is 0. The number of sulfonamides is 1. The largest absolute Gasteiger partial charge is 0.243 e. The maximum atomic E-state index is 13.1. The minimum atomic E-state index is -3.61. The molecule has 2 rings (SSSR count). The first-order valence-electron chi connectivity index (χ1n) is 6.08. The van der Waals surface area contributed by atoms with Crippen LogP contribution in [0.1, 0.15) is 16.0 Å². The van der Waals surface area contributed by atoms with Gasteiger partial charge in [-0.2, -0.15) is 4.31 Å². The molecule has 0 amide bonds. The van der Waals surface area contributed by atoms with Crippen LogP contribution >= 0.6 is 11.3 Å². The Balaban J connectivity index is 2.32. The highest BCUT2D eigenvalue weighted by Crippen LogP contribution is 2.24. The van der Waals surface area contributed by atoms with Gasteiger partial charge in [-0.3, -0.25) is 0 Å². The lowest BCUT2D eigenvalue weighted by atomic mass is 10.2. The molecule has 0 aliphatic heterocycles. The molecule has 0 aliphatic rings. The Labute approximate surface area is 122 Å². The zero-order valence-electron chi connectivity index (χ0n) is 11.6. The fraction of sp³-hybridized carbons (Fsp3) is 0.286. The first-order chi connectivity index (χ1) is 9.32. The lowest BCUT2D eigenvalue weighted by Crippen LogP contribution is -2.27. The zero-order chi connectivity index (χ0) is 14.9. The summed E-state index contributed by atoms with van der Waals surface area (Å²) in [5.41, 5.74) is 1.49. The van der Waals surface area contributed by atoms with E-state index in [9.17, 15) is 12.8 Å². The van der Waals surface area contributed by atoms with Crippen LogP contribution in [0.5, 0.6) is 0 Å². The molecule has 0 atom stereocenters. The van der Waals surface area contributed by atoms with E-state index in [0.29, 0.717) is 12.1 Å². The molecule has 20 heavy (non-hydrogen) atoms. The van der Waals surface area contributed by atoms with Crippen molar-refractivity contribution >= 4 is 21.4 Å². The van der Waals surface area contributed by atoms with Crippen LogP contribution in [0.4, 0.5) is 4.39 Å². The summed E-state index contributed by atoms with van der Waals surface area (Å²) in [6, 6.07) is 5.68. The Kier molecular flexibility index (Phi) is 4.27. The molecule has 0 aliphatic carbocycles. The highest BCUT2D eigenvalue weighted by molar-refractivity contribution is 7.89. The molecule has 0 bridgehead atoms. The van der Waals surface area contributed by atoms with Crippen molar-refractivity contribution in [1.82, 2.24) is 4.31 Å². The van der Waals surface area contributed by atoms with E-state index in [-0.39, 0.29) is 4.90 Å². The molecule has 1 aromatic heterocycles. The fourth-order valence-corrected chi connectivity index (χ4v) is 4.30. The Hall–Kier alpha value is -1.24. The average Bonchev–Trinajstić information content (AvgIpc) is 2.74. The second-order valence-corrected chi connectivity index (χ2v) is 7.71. The summed E-state index contributed by atoms with van der Waals surface area (Å²) in [6.45, 7) is 3.87. The van der Waals surface area contributed by atoms with E-state index in [4.69, 9.17) is 0 Å². The van der Waals surface area contributed by atoms with Crippen LogP contribution in [0.2, 0.25) is 0 Å². The van der Waals surface area contributed by atoms with E-state index < -0.39 is 15.8 Å². The summed E-state index contributed by atoms with van der Waals surface area (Å²) in [5.74, 6) is -0.432.